The number of aryl methyl sites for hydroxylation is 2. The lowest BCUT2D eigenvalue weighted by atomic mass is 10.2. The first-order chi connectivity index (χ1) is 12.6. The molecular weight excluding hydrogens is 344 g/mol. The van der Waals surface area contributed by atoms with Crippen LogP contribution >= 0.6 is 11.3 Å². The van der Waals surface area contributed by atoms with E-state index in [0.29, 0.717) is 25.7 Å². The summed E-state index contributed by atoms with van der Waals surface area (Å²) in [5, 5.41) is 7.80. The van der Waals surface area contributed by atoms with Crippen LogP contribution in [-0.2, 0) is 17.9 Å². The number of thiazole rings is 1. The molecule has 0 aliphatic carbocycles. The summed E-state index contributed by atoms with van der Waals surface area (Å²) < 4.78 is 5.81. The molecule has 0 aliphatic rings. The SMILES string of the molecule is CCNC(=NCc1sc(C)nc1C)NCC(C)COCc1ccccc1. The van der Waals surface area contributed by atoms with Crippen LogP contribution in [0.5, 0.6) is 0 Å². The average molecular weight is 375 g/mol. The van der Waals surface area contributed by atoms with Gasteiger partial charge in [-0.25, -0.2) is 9.98 Å². The fourth-order valence-corrected chi connectivity index (χ4v) is 3.36. The second kappa shape index (κ2) is 10.9. The Bertz CT molecular complexity index is 684. The van der Waals surface area contributed by atoms with E-state index in [1.54, 1.807) is 11.3 Å². The van der Waals surface area contributed by atoms with Crippen molar-refractivity contribution < 1.29 is 4.74 Å². The Morgan fingerprint density at radius 1 is 1.23 bits per heavy atom. The zero-order valence-electron chi connectivity index (χ0n) is 16.2. The van der Waals surface area contributed by atoms with Gasteiger partial charge in [-0.05, 0) is 32.3 Å². The molecule has 5 nitrogen and oxygen atoms in total. The summed E-state index contributed by atoms with van der Waals surface area (Å²) in [7, 11) is 0. The molecule has 0 amide bonds. The second-order valence-electron chi connectivity index (χ2n) is 6.42. The number of ether oxygens (including phenoxy) is 1. The number of nitrogens with zero attached hydrogens (tertiary/aromatic N) is 2. The van der Waals surface area contributed by atoms with Gasteiger partial charge in [0.05, 0.1) is 30.5 Å². The van der Waals surface area contributed by atoms with Gasteiger partial charge in [-0.2, -0.15) is 0 Å². The van der Waals surface area contributed by atoms with E-state index in [9.17, 15) is 0 Å². The van der Waals surface area contributed by atoms with Crippen molar-refractivity contribution in [3.05, 3.63) is 51.5 Å². The molecule has 0 fully saturated rings. The number of nitrogens with one attached hydrogen (secondary N) is 2. The number of hydrogen-bond acceptors (Lipinski definition) is 4. The van der Waals surface area contributed by atoms with Gasteiger partial charge in [0.2, 0.25) is 0 Å². The van der Waals surface area contributed by atoms with E-state index in [1.165, 1.54) is 10.4 Å². The van der Waals surface area contributed by atoms with Gasteiger partial charge in [0.1, 0.15) is 0 Å². The first-order valence-corrected chi connectivity index (χ1v) is 9.96. The molecule has 0 radical (unpaired) electrons. The third-order valence-electron chi connectivity index (χ3n) is 3.86. The summed E-state index contributed by atoms with van der Waals surface area (Å²) in [6.45, 7) is 12.0. The highest BCUT2D eigenvalue weighted by atomic mass is 32.1. The number of aromatic nitrogens is 1. The highest BCUT2D eigenvalue weighted by molar-refractivity contribution is 7.11. The Morgan fingerprint density at radius 3 is 2.65 bits per heavy atom. The molecule has 0 saturated carbocycles. The Morgan fingerprint density at radius 2 is 2.00 bits per heavy atom. The predicted molar refractivity (Wildman–Crippen MR) is 110 cm³/mol. The third kappa shape index (κ3) is 7.14. The van der Waals surface area contributed by atoms with Gasteiger partial charge in [0.15, 0.2) is 5.96 Å². The van der Waals surface area contributed by atoms with Crippen molar-refractivity contribution in [1.82, 2.24) is 15.6 Å². The fourth-order valence-electron chi connectivity index (χ4n) is 2.49. The molecule has 2 aromatic rings. The van der Waals surface area contributed by atoms with Crippen molar-refractivity contribution >= 4 is 17.3 Å². The monoisotopic (exact) mass is 374 g/mol. The maximum atomic E-state index is 5.81. The molecule has 0 aliphatic heterocycles. The van der Waals surface area contributed by atoms with Crippen LogP contribution in [0.1, 0.15) is 35.0 Å². The topological polar surface area (TPSA) is 58.5 Å². The van der Waals surface area contributed by atoms with Crippen LogP contribution < -0.4 is 10.6 Å². The van der Waals surface area contributed by atoms with Crippen molar-refractivity contribution in [1.29, 1.82) is 0 Å². The van der Waals surface area contributed by atoms with Crippen LogP contribution in [0.15, 0.2) is 35.3 Å². The number of hydrogen-bond donors (Lipinski definition) is 2. The standard InChI is InChI=1S/C20H30N4OS/c1-5-21-20(23-12-19-16(3)24-17(4)26-19)22-11-15(2)13-25-14-18-9-7-6-8-10-18/h6-10,15H,5,11-14H2,1-4H3,(H2,21,22,23). The van der Waals surface area contributed by atoms with Crippen LogP contribution in [0.4, 0.5) is 0 Å². The quantitative estimate of drug-likeness (QED) is 0.519. The van der Waals surface area contributed by atoms with Gasteiger partial charge >= 0.3 is 0 Å². The summed E-state index contributed by atoms with van der Waals surface area (Å²) in [4.78, 5) is 10.4. The smallest absolute Gasteiger partial charge is 0.191 e. The third-order valence-corrected chi connectivity index (χ3v) is 4.91. The van der Waals surface area contributed by atoms with Crippen molar-refractivity contribution in [2.75, 3.05) is 19.7 Å². The number of rotatable bonds is 9. The van der Waals surface area contributed by atoms with E-state index >= 15 is 0 Å². The molecule has 0 spiro atoms. The summed E-state index contributed by atoms with van der Waals surface area (Å²) >= 11 is 1.71. The van der Waals surface area contributed by atoms with Gasteiger partial charge in [0, 0.05) is 18.0 Å². The molecule has 142 valence electrons. The molecule has 2 N–H and O–H groups in total. The van der Waals surface area contributed by atoms with E-state index in [1.807, 2.05) is 32.0 Å². The maximum absolute atomic E-state index is 5.81. The number of benzene rings is 1. The van der Waals surface area contributed by atoms with Gasteiger partial charge in [-0.1, -0.05) is 37.3 Å². The Labute approximate surface area is 160 Å². The lowest BCUT2D eigenvalue weighted by molar-refractivity contribution is 0.0931. The van der Waals surface area contributed by atoms with Gasteiger partial charge in [-0.15, -0.1) is 11.3 Å². The summed E-state index contributed by atoms with van der Waals surface area (Å²) in [5.74, 6) is 1.24. The molecule has 1 unspecified atom stereocenters. The lowest BCUT2D eigenvalue weighted by Gasteiger charge is -2.16. The lowest BCUT2D eigenvalue weighted by Crippen LogP contribution is -2.40. The van der Waals surface area contributed by atoms with Gasteiger partial charge in [-0.3, -0.25) is 0 Å². The number of aliphatic imine (C=N–C) groups is 1. The summed E-state index contributed by atoms with van der Waals surface area (Å²) in [6.07, 6.45) is 0. The summed E-state index contributed by atoms with van der Waals surface area (Å²) in [6, 6.07) is 10.3. The van der Waals surface area contributed by atoms with E-state index in [4.69, 9.17) is 4.74 Å². The highest BCUT2D eigenvalue weighted by Crippen LogP contribution is 2.17. The minimum absolute atomic E-state index is 0.398. The van der Waals surface area contributed by atoms with E-state index in [0.717, 1.165) is 29.8 Å². The van der Waals surface area contributed by atoms with Crippen LogP contribution in [0.2, 0.25) is 0 Å². The first-order valence-electron chi connectivity index (χ1n) is 9.15. The molecule has 0 saturated heterocycles. The molecule has 26 heavy (non-hydrogen) atoms. The molecule has 1 aromatic carbocycles. The van der Waals surface area contributed by atoms with E-state index in [-0.39, 0.29) is 0 Å². The average Bonchev–Trinajstić information content (AvgIpc) is 2.95. The second-order valence-corrected chi connectivity index (χ2v) is 7.71. The Balaban J connectivity index is 1.75. The van der Waals surface area contributed by atoms with Crippen LogP contribution in [0.25, 0.3) is 0 Å². The summed E-state index contributed by atoms with van der Waals surface area (Å²) in [5.41, 5.74) is 2.28. The maximum Gasteiger partial charge on any atom is 0.191 e. The van der Waals surface area contributed by atoms with E-state index < -0.39 is 0 Å². The molecule has 1 heterocycles. The largest absolute Gasteiger partial charge is 0.376 e. The van der Waals surface area contributed by atoms with Crippen LogP contribution in [0, 0.1) is 19.8 Å². The van der Waals surface area contributed by atoms with Crippen molar-refractivity contribution in [3.63, 3.8) is 0 Å². The zero-order chi connectivity index (χ0) is 18.8. The van der Waals surface area contributed by atoms with Gasteiger partial charge < -0.3 is 15.4 Å². The molecular formula is C20H30N4OS. The predicted octanol–water partition coefficient (Wildman–Crippen LogP) is 3.67. The minimum atomic E-state index is 0.398. The number of guanidine groups is 1. The zero-order valence-corrected chi connectivity index (χ0v) is 17.0. The fraction of sp³-hybridized carbons (Fsp3) is 0.500. The highest BCUT2D eigenvalue weighted by Gasteiger charge is 2.07. The Hall–Kier alpha value is -1.92. The normalized spacial score (nSPS) is 12.8. The van der Waals surface area contributed by atoms with Crippen LogP contribution in [0.3, 0.4) is 0 Å². The molecule has 0 bridgehead atoms. The van der Waals surface area contributed by atoms with Crippen molar-refractivity contribution in [2.45, 2.75) is 40.8 Å². The Kier molecular flexibility index (Phi) is 8.58. The first kappa shape index (κ1) is 20.4. The minimum Gasteiger partial charge on any atom is -0.376 e. The van der Waals surface area contributed by atoms with Crippen molar-refractivity contribution in [3.8, 4) is 0 Å². The van der Waals surface area contributed by atoms with Crippen molar-refractivity contribution in [2.24, 2.45) is 10.9 Å². The molecule has 1 atom stereocenters. The molecule has 6 heteroatoms. The molecule has 1 aromatic heterocycles. The van der Waals surface area contributed by atoms with E-state index in [2.05, 4.69) is 46.6 Å². The molecule has 2 rings (SSSR count). The van der Waals surface area contributed by atoms with Gasteiger partial charge in [0.25, 0.3) is 0 Å². The van der Waals surface area contributed by atoms with Crippen LogP contribution in [-0.4, -0.2) is 30.6 Å².